The van der Waals surface area contributed by atoms with Crippen LogP contribution < -0.4 is 4.57 Å². The Morgan fingerprint density at radius 2 is 1.94 bits per heavy atom. The highest BCUT2D eigenvalue weighted by Gasteiger charge is 2.19. The van der Waals surface area contributed by atoms with Crippen molar-refractivity contribution in [3.05, 3.63) is 41.6 Å². The first-order valence-corrected chi connectivity index (χ1v) is 7.51. The van der Waals surface area contributed by atoms with Gasteiger partial charge in [0.1, 0.15) is 0 Å². The Balaban J connectivity index is 2.27. The maximum Gasteiger partial charge on any atom is 0.212 e. The van der Waals surface area contributed by atoms with Gasteiger partial charge in [-0.05, 0) is 37.3 Å². The number of pyridine rings is 1. The largest absolute Gasteiger partial charge is 0.212 e. The minimum Gasteiger partial charge on any atom is -0.197 e. The van der Waals surface area contributed by atoms with Crippen LogP contribution in [0.4, 0.5) is 0 Å². The Labute approximate surface area is 111 Å². The van der Waals surface area contributed by atoms with Crippen molar-refractivity contribution in [1.82, 2.24) is 0 Å². The van der Waals surface area contributed by atoms with Crippen molar-refractivity contribution in [2.24, 2.45) is 0 Å². The lowest BCUT2D eigenvalue weighted by Crippen LogP contribution is -2.36. The van der Waals surface area contributed by atoms with Crippen molar-refractivity contribution in [2.45, 2.75) is 32.2 Å². The number of hydrogen-bond acceptors (Lipinski definition) is 0. The Kier molecular flexibility index (Phi) is 3.15. The number of aromatic nitrogens is 1. The molecule has 0 fully saturated rings. The minimum atomic E-state index is 1.01. The summed E-state index contributed by atoms with van der Waals surface area (Å²) in [5.41, 5.74) is 4.54. The molecule has 0 saturated heterocycles. The number of halogens is 1. The summed E-state index contributed by atoms with van der Waals surface area (Å²) in [5, 5.41) is 2.48. The molecule has 1 nitrogen and oxygen atoms in total. The first-order valence-electron chi connectivity index (χ1n) is 6.39. The van der Waals surface area contributed by atoms with E-state index >= 15 is 0 Å². The molecule has 88 valence electrons. The van der Waals surface area contributed by atoms with E-state index in [1.165, 1.54) is 36.6 Å². The number of alkyl halides is 1. The fraction of sp³-hybridized carbons (Fsp3) is 0.400. The highest BCUT2D eigenvalue weighted by molar-refractivity contribution is 9.09. The monoisotopic (exact) mass is 290 g/mol. The molecular formula is C15H17BrN+. The fourth-order valence-corrected chi connectivity index (χ4v) is 3.27. The van der Waals surface area contributed by atoms with Crippen LogP contribution in [0.3, 0.4) is 0 Å². The topological polar surface area (TPSA) is 3.88 Å². The van der Waals surface area contributed by atoms with Crippen LogP contribution in [0.5, 0.6) is 0 Å². The SMILES string of the molecule is BrCC[n+]1cc2c(c3ccccc31)CCCC2. The average Bonchev–Trinajstić information content (AvgIpc) is 2.39. The second-order valence-electron chi connectivity index (χ2n) is 4.74. The number of hydrogen-bond donors (Lipinski definition) is 0. The van der Waals surface area contributed by atoms with Gasteiger partial charge in [0, 0.05) is 17.0 Å². The number of aryl methyl sites for hydroxylation is 3. The van der Waals surface area contributed by atoms with E-state index < -0.39 is 0 Å². The molecule has 0 amide bonds. The van der Waals surface area contributed by atoms with Crippen molar-refractivity contribution < 1.29 is 4.57 Å². The summed E-state index contributed by atoms with van der Waals surface area (Å²) in [6.07, 6.45) is 7.57. The smallest absolute Gasteiger partial charge is 0.197 e. The van der Waals surface area contributed by atoms with Crippen LogP contribution in [-0.2, 0) is 19.4 Å². The van der Waals surface area contributed by atoms with Crippen LogP contribution in [0.2, 0.25) is 0 Å². The van der Waals surface area contributed by atoms with Gasteiger partial charge in [0.2, 0.25) is 5.52 Å². The van der Waals surface area contributed by atoms with Crippen LogP contribution in [0.1, 0.15) is 24.0 Å². The molecule has 0 atom stereocenters. The molecular weight excluding hydrogens is 274 g/mol. The standard InChI is InChI=1S/C15H17BrN/c16-9-10-17-11-12-5-1-2-6-13(12)14-7-3-4-8-15(14)17/h3-4,7-8,11H,1-2,5-6,9-10H2/q+1. The van der Waals surface area contributed by atoms with Crippen LogP contribution in [0.25, 0.3) is 10.9 Å². The predicted molar refractivity (Wildman–Crippen MR) is 74.6 cm³/mol. The van der Waals surface area contributed by atoms with Crippen molar-refractivity contribution in [2.75, 3.05) is 5.33 Å². The molecule has 0 radical (unpaired) electrons. The zero-order valence-corrected chi connectivity index (χ0v) is 11.5. The van der Waals surface area contributed by atoms with E-state index in [2.05, 4.69) is 51.0 Å². The molecule has 1 heterocycles. The molecule has 1 aliphatic rings. The Bertz CT molecular complexity index is 548. The molecule has 2 aromatic rings. The predicted octanol–water partition coefficient (Wildman–Crippen LogP) is 3.40. The number of rotatable bonds is 2. The molecule has 0 N–H and O–H groups in total. The summed E-state index contributed by atoms with van der Waals surface area (Å²) >= 11 is 3.55. The zero-order valence-electron chi connectivity index (χ0n) is 9.95. The van der Waals surface area contributed by atoms with E-state index in [9.17, 15) is 0 Å². The summed E-state index contributed by atoms with van der Waals surface area (Å²) < 4.78 is 2.40. The summed E-state index contributed by atoms with van der Waals surface area (Å²) in [5.74, 6) is 0. The summed E-state index contributed by atoms with van der Waals surface area (Å²) in [6.45, 7) is 1.05. The Morgan fingerprint density at radius 1 is 1.12 bits per heavy atom. The van der Waals surface area contributed by atoms with Gasteiger partial charge in [-0.25, -0.2) is 0 Å². The molecule has 3 rings (SSSR count). The van der Waals surface area contributed by atoms with Gasteiger partial charge < -0.3 is 0 Å². The molecule has 0 bridgehead atoms. The third kappa shape index (κ3) is 1.99. The Morgan fingerprint density at radius 3 is 2.82 bits per heavy atom. The van der Waals surface area contributed by atoms with E-state index in [0.717, 1.165) is 11.9 Å². The molecule has 0 saturated carbocycles. The van der Waals surface area contributed by atoms with Gasteiger partial charge in [-0.15, -0.1) is 0 Å². The van der Waals surface area contributed by atoms with Gasteiger partial charge in [0.25, 0.3) is 0 Å². The molecule has 0 unspecified atom stereocenters. The first kappa shape index (κ1) is 11.2. The van der Waals surface area contributed by atoms with Gasteiger partial charge >= 0.3 is 0 Å². The molecule has 1 aliphatic carbocycles. The molecule has 0 spiro atoms. The summed E-state index contributed by atoms with van der Waals surface area (Å²) in [6, 6.07) is 8.83. The molecule has 1 aromatic heterocycles. The average molecular weight is 291 g/mol. The number of fused-ring (bicyclic) bond motifs is 3. The maximum absolute atomic E-state index is 3.55. The maximum atomic E-state index is 3.55. The molecule has 17 heavy (non-hydrogen) atoms. The lowest BCUT2D eigenvalue weighted by atomic mass is 9.90. The lowest BCUT2D eigenvalue weighted by molar-refractivity contribution is -0.666. The van der Waals surface area contributed by atoms with E-state index in [1.807, 2.05) is 0 Å². The van der Waals surface area contributed by atoms with Crippen molar-refractivity contribution in [1.29, 1.82) is 0 Å². The highest BCUT2D eigenvalue weighted by atomic mass is 79.9. The molecule has 0 aliphatic heterocycles. The van der Waals surface area contributed by atoms with E-state index in [0.29, 0.717) is 0 Å². The molecule has 1 aromatic carbocycles. The third-order valence-corrected chi connectivity index (χ3v) is 4.04. The fourth-order valence-electron chi connectivity index (χ4n) is 2.89. The van der Waals surface area contributed by atoms with Crippen molar-refractivity contribution in [3.63, 3.8) is 0 Å². The Hall–Kier alpha value is -0.890. The molecule has 2 heteroatoms. The summed E-state index contributed by atoms with van der Waals surface area (Å²) in [4.78, 5) is 0. The van der Waals surface area contributed by atoms with Crippen LogP contribution in [0, 0.1) is 0 Å². The zero-order chi connectivity index (χ0) is 11.7. The first-order chi connectivity index (χ1) is 8.40. The van der Waals surface area contributed by atoms with Gasteiger partial charge in [-0.3, -0.25) is 0 Å². The van der Waals surface area contributed by atoms with Gasteiger partial charge in [-0.2, -0.15) is 4.57 Å². The van der Waals surface area contributed by atoms with E-state index in [-0.39, 0.29) is 0 Å². The van der Waals surface area contributed by atoms with E-state index in [4.69, 9.17) is 0 Å². The van der Waals surface area contributed by atoms with Crippen LogP contribution in [0.15, 0.2) is 30.5 Å². The normalized spacial score (nSPS) is 14.9. The summed E-state index contributed by atoms with van der Waals surface area (Å²) in [7, 11) is 0. The number of benzene rings is 1. The van der Waals surface area contributed by atoms with Gasteiger partial charge in [-0.1, -0.05) is 28.1 Å². The lowest BCUT2D eigenvalue weighted by Gasteiger charge is -2.16. The van der Waals surface area contributed by atoms with Gasteiger partial charge in [0.05, 0.1) is 5.33 Å². The van der Waals surface area contributed by atoms with Crippen molar-refractivity contribution >= 4 is 26.8 Å². The van der Waals surface area contributed by atoms with E-state index in [1.54, 1.807) is 11.1 Å². The second kappa shape index (κ2) is 4.77. The minimum absolute atomic E-state index is 1.01. The van der Waals surface area contributed by atoms with Gasteiger partial charge in [0.15, 0.2) is 12.7 Å². The highest BCUT2D eigenvalue weighted by Crippen LogP contribution is 2.26. The van der Waals surface area contributed by atoms with Crippen molar-refractivity contribution in [3.8, 4) is 0 Å². The quantitative estimate of drug-likeness (QED) is 0.590. The number of para-hydroxylation sites is 1. The third-order valence-electron chi connectivity index (χ3n) is 3.69. The van der Waals surface area contributed by atoms with Crippen LogP contribution in [-0.4, -0.2) is 5.33 Å². The number of nitrogens with zero attached hydrogens (tertiary/aromatic N) is 1. The van der Waals surface area contributed by atoms with Crippen LogP contribution >= 0.6 is 15.9 Å². The second-order valence-corrected chi connectivity index (χ2v) is 5.53.